The first-order valence-corrected chi connectivity index (χ1v) is 13.6. The predicted molar refractivity (Wildman–Crippen MR) is 145 cm³/mol. The van der Waals surface area contributed by atoms with E-state index in [1.54, 1.807) is 20.1 Å². The molecule has 13 heteroatoms. The van der Waals surface area contributed by atoms with Crippen LogP contribution in [-0.4, -0.2) is 104 Å². The monoisotopic (exact) mass is 575 g/mol. The molecule has 4 heterocycles. The second-order valence-corrected chi connectivity index (χ2v) is 11.0. The van der Waals surface area contributed by atoms with E-state index < -0.39 is 48.9 Å². The number of aromatic amines is 1. The van der Waals surface area contributed by atoms with Crippen LogP contribution >= 0.6 is 0 Å². The molecule has 0 radical (unpaired) electrons. The molecule has 2 aliphatic rings. The summed E-state index contributed by atoms with van der Waals surface area (Å²) in [4.78, 5) is 19.3. The number of fused-ring (bicyclic) bond motifs is 3. The molecule has 1 aromatic carbocycles. The van der Waals surface area contributed by atoms with Crippen molar-refractivity contribution in [2.75, 3.05) is 13.7 Å². The van der Waals surface area contributed by atoms with Crippen LogP contribution in [0.3, 0.4) is 0 Å². The molecule has 0 saturated carbocycles. The van der Waals surface area contributed by atoms with Crippen molar-refractivity contribution in [3.05, 3.63) is 35.7 Å². The summed E-state index contributed by atoms with van der Waals surface area (Å²) in [5.74, 6) is -2.40. The number of carboxylic acid groups (broad SMARTS) is 1. The summed E-state index contributed by atoms with van der Waals surface area (Å²) in [6.45, 7) is 5.90. The molecule has 0 aliphatic carbocycles. The van der Waals surface area contributed by atoms with Gasteiger partial charge in [0.1, 0.15) is 23.7 Å². The molecule has 0 spiro atoms. The van der Waals surface area contributed by atoms with E-state index in [1.165, 1.54) is 18.2 Å². The second kappa shape index (κ2) is 11.8. The quantitative estimate of drug-likeness (QED) is 0.204. The number of nitrogens with zero attached hydrogens (tertiary/aromatic N) is 1. The molecule has 2 aromatic heterocycles. The topological polar surface area (TPSA) is 196 Å². The fourth-order valence-electron chi connectivity index (χ4n) is 5.91. The molecule has 3 aromatic rings. The lowest BCUT2D eigenvalue weighted by Crippen LogP contribution is -2.59. The molecule has 2 saturated heterocycles. The van der Waals surface area contributed by atoms with Gasteiger partial charge in [-0.05, 0) is 31.2 Å². The number of phenols is 1. The lowest BCUT2D eigenvalue weighted by molar-refractivity contribution is -0.326. The number of nitrogens with one attached hydrogen (secondary N) is 2. The van der Waals surface area contributed by atoms with Gasteiger partial charge in [-0.2, -0.15) is 0 Å². The highest BCUT2D eigenvalue weighted by Gasteiger charge is 2.49. The van der Waals surface area contributed by atoms with Crippen molar-refractivity contribution in [1.29, 1.82) is 0 Å². The maximum Gasteiger partial charge on any atom is 0.354 e. The van der Waals surface area contributed by atoms with Crippen LogP contribution < -0.4 is 5.32 Å². The first-order valence-electron chi connectivity index (χ1n) is 13.6. The largest absolute Gasteiger partial charge is 0.508 e. The van der Waals surface area contributed by atoms with E-state index in [0.29, 0.717) is 28.2 Å². The first-order chi connectivity index (χ1) is 19.5. The summed E-state index contributed by atoms with van der Waals surface area (Å²) < 4.78 is 23.2. The van der Waals surface area contributed by atoms with E-state index in [9.17, 15) is 30.3 Å². The van der Waals surface area contributed by atoms with Gasteiger partial charge in [0.15, 0.2) is 12.6 Å². The molecule has 0 amide bonds. The highest BCUT2D eigenvalue weighted by Crippen LogP contribution is 2.40. The van der Waals surface area contributed by atoms with Crippen LogP contribution in [0.5, 0.6) is 5.75 Å². The Kier molecular flexibility index (Phi) is 8.51. The maximum atomic E-state index is 11.9. The normalized spacial score (nSPS) is 31.6. The van der Waals surface area contributed by atoms with Crippen LogP contribution in [0.2, 0.25) is 0 Å². The number of aromatic hydroxyl groups is 1. The lowest BCUT2D eigenvalue weighted by atomic mass is 9.83. The third-order valence-electron chi connectivity index (χ3n) is 7.87. The number of aliphatic hydroxyl groups excluding tert-OH is 3. The number of ether oxygens (including phenoxy) is 4. The molecule has 9 atom stereocenters. The molecule has 41 heavy (non-hydrogen) atoms. The van der Waals surface area contributed by atoms with Gasteiger partial charge in [0.05, 0.1) is 42.2 Å². The van der Waals surface area contributed by atoms with Gasteiger partial charge in [-0.25, -0.2) is 9.78 Å². The average molecular weight is 576 g/mol. The number of aliphatic hydroxyl groups is 3. The van der Waals surface area contributed by atoms with Crippen molar-refractivity contribution in [3.63, 3.8) is 0 Å². The Morgan fingerprint density at radius 1 is 1.22 bits per heavy atom. The molecule has 224 valence electrons. The summed E-state index contributed by atoms with van der Waals surface area (Å²) >= 11 is 0. The van der Waals surface area contributed by atoms with Crippen LogP contribution in [0.1, 0.15) is 49.5 Å². The summed E-state index contributed by atoms with van der Waals surface area (Å²) in [5, 5.41) is 57.9. The Bertz CT molecular complexity index is 1400. The zero-order chi connectivity index (χ0) is 29.6. The summed E-state index contributed by atoms with van der Waals surface area (Å²) in [6.07, 6.45) is -7.39. The summed E-state index contributed by atoms with van der Waals surface area (Å²) in [7, 11) is 1.59. The van der Waals surface area contributed by atoms with Crippen LogP contribution in [-0.2, 0) is 18.9 Å². The number of H-pyrrole nitrogens is 1. The van der Waals surface area contributed by atoms with Crippen LogP contribution in [0.4, 0.5) is 0 Å². The highest BCUT2D eigenvalue weighted by molar-refractivity contribution is 6.10. The van der Waals surface area contributed by atoms with Gasteiger partial charge < -0.3 is 54.8 Å². The number of hydrogen-bond donors (Lipinski definition) is 7. The van der Waals surface area contributed by atoms with Crippen molar-refractivity contribution in [2.45, 2.75) is 82.4 Å². The van der Waals surface area contributed by atoms with Crippen molar-refractivity contribution in [2.24, 2.45) is 5.92 Å². The van der Waals surface area contributed by atoms with Crippen LogP contribution in [0.15, 0.2) is 24.3 Å². The predicted octanol–water partition coefficient (Wildman–Crippen LogP) is 1.38. The number of aromatic nitrogens is 2. The van der Waals surface area contributed by atoms with Gasteiger partial charge in [-0.15, -0.1) is 0 Å². The zero-order valence-electron chi connectivity index (χ0n) is 23.2. The van der Waals surface area contributed by atoms with Gasteiger partial charge in [0.25, 0.3) is 0 Å². The third kappa shape index (κ3) is 5.76. The number of hydrogen-bond acceptors (Lipinski definition) is 11. The molecule has 5 rings (SSSR count). The van der Waals surface area contributed by atoms with E-state index in [1.807, 2.05) is 13.8 Å². The Morgan fingerprint density at radius 2 is 1.98 bits per heavy atom. The van der Waals surface area contributed by atoms with Crippen molar-refractivity contribution >= 4 is 27.8 Å². The Labute approximate surface area is 236 Å². The van der Waals surface area contributed by atoms with Crippen LogP contribution in [0, 0.1) is 5.92 Å². The van der Waals surface area contributed by atoms with Gasteiger partial charge in [0, 0.05) is 41.8 Å². The van der Waals surface area contributed by atoms with Gasteiger partial charge in [-0.1, -0.05) is 13.8 Å². The summed E-state index contributed by atoms with van der Waals surface area (Å²) in [6, 6.07) is 6.08. The number of aromatic carboxylic acids is 1. The Morgan fingerprint density at radius 3 is 2.66 bits per heavy atom. The molecular weight excluding hydrogens is 538 g/mol. The number of benzene rings is 1. The molecule has 13 nitrogen and oxygen atoms in total. The minimum Gasteiger partial charge on any atom is -0.508 e. The molecule has 2 fully saturated rings. The van der Waals surface area contributed by atoms with E-state index >= 15 is 0 Å². The van der Waals surface area contributed by atoms with E-state index in [0.717, 1.165) is 0 Å². The maximum absolute atomic E-state index is 11.9. The average Bonchev–Trinajstić information content (AvgIpc) is 3.28. The third-order valence-corrected chi connectivity index (χ3v) is 7.87. The molecule has 2 aliphatic heterocycles. The van der Waals surface area contributed by atoms with E-state index in [2.05, 4.69) is 15.3 Å². The van der Waals surface area contributed by atoms with Crippen molar-refractivity contribution in [3.8, 4) is 5.75 Å². The Hall–Kier alpha value is -2.88. The van der Waals surface area contributed by atoms with E-state index in [4.69, 9.17) is 18.9 Å². The fraction of sp³-hybridized carbons (Fsp3) is 0.571. The molecule has 7 N–H and O–H groups in total. The molecular formula is C28H37N3O10. The fourth-order valence-corrected chi connectivity index (χ4v) is 5.91. The van der Waals surface area contributed by atoms with Crippen LogP contribution in [0.25, 0.3) is 21.8 Å². The second-order valence-electron chi connectivity index (χ2n) is 11.0. The minimum absolute atomic E-state index is 0.0140. The summed E-state index contributed by atoms with van der Waals surface area (Å²) in [5.41, 5.74) is 0.580. The zero-order valence-corrected chi connectivity index (χ0v) is 23.2. The first kappa shape index (κ1) is 29.6. The number of methoxy groups -OCH3 is 1. The number of pyridine rings is 1. The number of carbonyl (C=O) groups is 1. The van der Waals surface area contributed by atoms with Gasteiger partial charge >= 0.3 is 5.97 Å². The smallest absolute Gasteiger partial charge is 0.354 e. The highest BCUT2D eigenvalue weighted by atomic mass is 16.7. The lowest BCUT2D eigenvalue weighted by Gasteiger charge is -2.45. The van der Waals surface area contributed by atoms with Gasteiger partial charge in [-0.3, -0.25) is 0 Å². The number of carboxylic acids is 1. The van der Waals surface area contributed by atoms with Gasteiger partial charge in [0.2, 0.25) is 0 Å². The number of rotatable bonds is 8. The minimum atomic E-state index is -1.53. The van der Waals surface area contributed by atoms with Crippen molar-refractivity contribution in [1.82, 2.24) is 15.3 Å². The molecule has 9 unspecified atom stereocenters. The SMILES string of the molecule is COC1CC(OC2C(O)OC(C)C(C(O)c3nc(C(=O)O)cc4c3[nH]c3ccc(O)cc34)C2O)OCC1NC(C)C. The Balaban J connectivity index is 1.44. The number of phenolic OH excluding ortho intramolecular Hbond substituents is 1. The molecule has 0 bridgehead atoms. The van der Waals surface area contributed by atoms with E-state index in [-0.39, 0.29) is 41.9 Å². The standard InChI is InChI=1S/C28H37N3O10/c1-11(2)29-18-10-39-20(9-19(18)38-4)41-26-25(34)21(12(3)40-28(26)37)24(33)23-22-15(8-17(31-23)27(35)36)14-7-13(32)5-6-16(14)30-22/h5-8,11-12,18-21,24-26,28-30,32-34,37H,9-10H2,1-4H3,(H,35,36). The van der Waals surface area contributed by atoms with Crippen molar-refractivity contribution < 1.29 is 49.3 Å².